The molecule has 2 rings (SSSR count). The van der Waals surface area contributed by atoms with Gasteiger partial charge in [0.15, 0.2) is 6.61 Å². The van der Waals surface area contributed by atoms with Crippen LogP contribution in [0.3, 0.4) is 0 Å². The third-order valence-corrected chi connectivity index (χ3v) is 5.52. The summed E-state index contributed by atoms with van der Waals surface area (Å²) in [6, 6.07) is 11.9. The van der Waals surface area contributed by atoms with E-state index in [4.69, 9.17) is 4.74 Å². The van der Waals surface area contributed by atoms with Gasteiger partial charge < -0.3 is 4.74 Å². The van der Waals surface area contributed by atoms with Crippen LogP contribution in [0.5, 0.6) is 5.75 Å². The number of benzene rings is 2. The van der Waals surface area contributed by atoms with Crippen LogP contribution in [-0.2, 0) is 14.8 Å². The first kappa shape index (κ1) is 20.4. The minimum absolute atomic E-state index is 0.0661. The van der Waals surface area contributed by atoms with Gasteiger partial charge in [-0.1, -0.05) is 37.6 Å². The van der Waals surface area contributed by atoms with E-state index in [1.54, 1.807) is 18.2 Å². The summed E-state index contributed by atoms with van der Waals surface area (Å²) in [4.78, 5) is 14.0. The maximum atomic E-state index is 12.1. The molecular weight excluding hydrogens is 420 g/mol. The van der Waals surface area contributed by atoms with Gasteiger partial charge in [0.2, 0.25) is 0 Å². The maximum Gasteiger partial charge on any atom is 0.272 e. The highest BCUT2D eigenvalue weighted by molar-refractivity contribution is 9.10. The Kier molecular flexibility index (Phi) is 6.80. The molecule has 0 aliphatic carbocycles. The lowest BCUT2D eigenvalue weighted by atomic mass is 10.0. The van der Waals surface area contributed by atoms with Gasteiger partial charge in [0.1, 0.15) is 5.75 Å². The van der Waals surface area contributed by atoms with Crippen molar-refractivity contribution in [3.8, 4) is 5.75 Å². The van der Waals surface area contributed by atoms with E-state index in [0.29, 0.717) is 11.7 Å². The molecule has 0 bridgehead atoms. The first-order valence-electron chi connectivity index (χ1n) is 7.98. The van der Waals surface area contributed by atoms with Gasteiger partial charge in [-0.15, -0.1) is 4.83 Å². The van der Waals surface area contributed by atoms with E-state index in [1.807, 2.05) is 19.1 Å². The lowest BCUT2D eigenvalue weighted by Gasteiger charge is -2.12. The van der Waals surface area contributed by atoms with Crippen molar-refractivity contribution in [3.63, 3.8) is 0 Å². The second-order valence-corrected chi connectivity index (χ2v) is 8.64. The summed E-state index contributed by atoms with van der Waals surface area (Å²) in [5.41, 5.74) is 4.22. The Morgan fingerprint density at radius 3 is 2.38 bits per heavy atom. The molecule has 1 amide bonds. The summed E-state index contributed by atoms with van der Waals surface area (Å²) >= 11 is 3.40. The van der Waals surface area contributed by atoms with Crippen LogP contribution in [-0.4, -0.2) is 20.9 Å². The van der Waals surface area contributed by atoms with Gasteiger partial charge in [-0.05, 0) is 58.6 Å². The van der Waals surface area contributed by atoms with Gasteiger partial charge in [0.25, 0.3) is 15.9 Å². The van der Waals surface area contributed by atoms with E-state index in [2.05, 4.69) is 40.0 Å². The quantitative estimate of drug-likeness (QED) is 0.646. The first-order valence-corrected chi connectivity index (χ1v) is 10.3. The maximum absolute atomic E-state index is 12.1. The molecule has 0 aliphatic heterocycles. The van der Waals surface area contributed by atoms with Crippen LogP contribution in [0.15, 0.2) is 51.8 Å². The fourth-order valence-corrected chi connectivity index (χ4v) is 3.44. The summed E-state index contributed by atoms with van der Waals surface area (Å²) in [6.07, 6.45) is 0. The number of amides is 1. The lowest BCUT2D eigenvalue weighted by molar-refractivity contribution is -0.123. The van der Waals surface area contributed by atoms with Gasteiger partial charge in [-0.3, -0.25) is 10.2 Å². The van der Waals surface area contributed by atoms with Crippen molar-refractivity contribution in [2.75, 3.05) is 6.61 Å². The standard InChI is InChI=1S/C18H21BrN2O4S/c1-12(2)14-6-9-17(16(19)10-14)25-11-18(22)20-21-26(23,24)15-7-4-13(3)5-8-15/h4-10,12,21H,11H2,1-3H3,(H,20,22). The van der Waals surface area contributed by atoms with Crippen molar-refractivity contribution >= 4 is 31.9 Å². The van der Waals surface area contributed by atoms with Gasteiger partial charge in [-0.2, -0.15) is 0 Å². The van der Waals surface area contributed by atoms with E-state index in [9.17, 15) is 13.2 Å². The second-order valence-electron chi connectivity index (χ2n) is 6.10. The van der Waals surface area contributed by atoms with Crippen molar-refractivity contribution in [2.45, 2.75) is 31.6 Å². The number of carbonyl (C=O) groups excluding carboxylic acids is 1. The van der Waals surface area contributed by atoms with E-state index in [1.165, 1.54) is 12.1 Å². The fraction of sp³-hybridized carbons (Fsp3) is 0.278. The molecule has 8 heteroatoms. The highest BCUT2D eigenvalue weighted by Gasteiger charge is 2.15. The average Bonchev–Trinajstić information content (AvgIpc) is 2.59. The van der Waals surface area contributed by atoms with Crippen LogP contribution in [0.25, 0.3) is 0 Å². The molecular formula is C18H21BrN2O4S. The molecule has 26 heavy (non-hydrogen) atoms. The molecule has 6 nitrogen and oxygen atoms in total. The zero-order chi connectivity index (χ0) is 19.3. The molecule has 2 N–H and O–H groups in total. The van der Waals surface area contributed by atoms with E-state index in [0.717, 1.165) is 15.6 Å². The Hall–Kier alpha value is -1.90. The molecule has 2 aromatic rings. The van der Waals surface area contributed by atoms with Crippen LogP contribution in [0, 0.1) is 6.92 Å². The molecule has 0 unspecified atom stereocenters. The predicted octanol–water partition coefficient (Wildman–Crippen LogP) is 3.27. The average molecular weight is 441 g/mol. The van der Waals surface area contributed by atoms with Gasteiger partial charge >= 0.3 is 0 Å². The number of hydrogen-bond acceptors (Lipinski definition) is 4. The number of halogens is 1. The second kappa shape index (κ2) is 8.66. The number of ether oxygens (including phenoxy) is 1. The molecule has 0 aromatic heterocycles. The zero-order valence-corrected chi connectivity index (χ0v) is 17.1. The molecule has 0 spiro atoms. The van der Waals surface area contributed by atoms with Crippen molar-refractivity contribution in [2.24, 2.45) is 0 Å². The van der Waals surface area contributed by atoms with Gasteiger partial charge in [-0.25, -0.2) is 8.42 Å². The molecule has 140 valence electrons. The van der Waals surface area contributed by atoms with Crippen LogP contribution >= 0.6 is 15.9 Å². The van der Waals surface area contributed by atoms with E-state index in [-0.39, 0.29) is 11.5 Å². The van der Waals surface area contributed by atoms with Crippen LogP contribution in [0.1, 0.15) is 30.9 Å². The summed E-state index contributed by atoms with van der Waals surface area (Å²) in [5, 5.41) is 0. The highest BCUT2D eigenvalue weighted by atomic mass is 79.9. The predicted molar refractivity (Wildman–Crippen MR) is 103 cm³/mol. The van der Waals surface area contributed by atoms with Crippen LogP contribution < -0.4 is 15.0 Å². The molecule has 0 saturated heterocycles. The van der Waals surface area contributed by atoms with Crippen LogP contribution in [0.4, 0.5) is 0 Å². The zero-order valence-electron chi connectivity index (χ0n) is 14.7. The summed E-state index contributed by atoms with van der Waals surface area (Å²) in [7, 11) is -3.83. The fourth-order valence-electron chi connectivity index (χ4n) is 2.07. The third kappa shape index (κ3) is 5.55. The van der Waals surface area contributed by atoms with Crippen molar-refractivity contribution in [3.05, 3.63) is 58.1 Å². The SMILES string of the molecule is Cc1ccc(S(=O)(=O)NNC(=O)COc2ccc(C(C)C)cc2Br)cc1. The number of carbonyl (C=O) groups is 1. The first-order chi connectivity index (χ1) is 12.2. The normalized spacial score (nSPS) is 11.4. The van der Waals surface area contributed by atoms with Crippen molar-refractivity contribution < 1.29 is 17.9 Å². The largest absolute Gasteiger partial charge is 0.483 e. The Bertz CT molecular complexity index is 881. The number of aryl methyl sites for hydroxylation is 1. The summed E-state index contributed by atoms with van der Waals surface area (Å²) < 4.78 is 30.4. The number of sulfonamides is 1. The molecule has 0 aliphatic rings. The molecule has 0 heterocycles. The summed E-state index contributed by atoms with van der Waals surface area (Å²) in [5.74, 6) is 0.270. The van der Waals surface area contributed by atoms with Gasteiger partial charge in [0.05, 0.1) is 9.37 Å². The smallest absolute Gasteiger partial charge is 0.272 e. The van der Waals surface area contributed by atoms with Crippen molar-refractivity contribution in [1.82, 2.24) is 10.3 Å². The molecule has 2 aromatic carbocycles. The third-order valence-electron chi connectivity index (χ3n) is 3.64. The Labute approximate surface area is 162 Å². The van der Waals surface area contributed by atoms with E-state index < -0.39 is 15.9 Å². The molecule has 0 radical (unpaired) electrons. The monoisotopic (exact) mass is 440 g/mol. The van der Waals surface area contributed by atoms with Crippen LogP contribution in [0.2, 0.25) is 0 Å². The number of hydrogen-bond donors (Lipinski definition) is 2. The molecule has 0 fully saturated rings. The van der Waals surface area contributed by atoms with E-state index >= 15 is 0 Å². The summed E-state index contributed by atoms with van der Waals surface area (Å²) in [6.45, 7) is 5.69. The minimum atomic E-state index is -3.83. The minimum Gasteiger partial charge on any atom is -0.483 e. The number of nitrogens with one attached hydrogen (secondary N) is 2. The topological polar surface area (TPSA) is 84.5 Å². The molecule has 0 atom stereocenters. The number of rotatable bonds is 7. The Balaban J connectivity index is 1.90. The van der Waals surface area contributed by atoms with Crippen molar-refractivity contribution in [1.29, 1.82) is 0 Å². The lowest BCUT2D eigenvalue weighted by Crippen LogP contribution is -2.43. The van der Waals surface area contributed by atoms with Gasteiger partial charge in [0, 0.05) is 0 Å². The Morgan fingerprint density at radius 2 is 1.81 bits per heavy atom. The highest BCUT2D eigenvalue weighted by Crippen LogP contribution is 2.28. The molecule has 0 saturated carbocycles. The Morgan fingerprint density at radius 1 is 1.15 bits per heavy atom. The number of hydrazine groups is 1.